The van der Waals surface area contributed by atoms with E-state index in [-0.39, 0.29) is 16.5 Å². The van der Waals surface area contributed by atoms with Crippen molar-refractivity contribution in [3.8, 4) is 0 Å². The predicted molar refractivity (Wildman–Crippen MR) is 68.0 cm³/mol. The molecule has 1 aromatic carbocycles. The minimum Gasteiger partial charge on any atom is -0.258 e. The van der Waals surface area contributed by atoms with Crippen LogP contribution in [0.15, 0.2) is 35.3 Å². The molecule has 0 bridgehead atoms. The second-order valence-corrected chi connectivity index (χ2v) is 4.30. The first kappa shape index (κ1) is 11.5. The SMILES string of the molecule is CC(C)=Nc1cccc([N+](=O)[O-])c1C1C=CC1. The summed E-state index contributed by atoms with van der Waals surface area (Å²) in [4.78, 5) is 15.1. The van der Waals surface area contributed by atoms with E-state index in [1.807, 2.05) is 32.1 Å². The average Bonchev–Trinajstić information content (AvgIpc) is 2.16. The van der Waals surface area contributed by atoms with Crippen molar-refractivity contribution in [1.82, 2.24) is 0 Å². The van der Waals surface area contributed by atoms with Gasteiger partial charge in [-0.1, -0.05) is 18.2 Å². The molecule has 17 heavy (non-hydrogen) atoms. The summed E-state index contributed by atoms with van der Waals surface area (Å²) in [6.07, 6.45) is 4.87. The Kier molecular flexibility index (Phi) is 3.04. The zero-order valence-electron chi connectivity index (χ0n) is 9.88. The van der Waals surface area contributed by atoms with Gasteiger partial charge in [-0.05, 0) is 26.3 Å². The van der Waals surface area contributed by atoms with Crippen LogP contribution >= 0.6 is 0 Å². The smallest absolute Gasteiger partial charge is 0.258 e. The third-order valence-corrected chi connectivity index (χ3v) is 2.73. The van der Waals surface area contributed by atoms with Gasteiger partial charge in [-0.3, -0.25) is 15.1 Å². The van der Waals surface area contributed by atoms with Crippen molar-refractivity contribution in [3.05, 3.63) is 46.0 Å². The molecule has 1 aliphatic rings. The zero-order valence-corrected chi connectivity index (χ0v) is 9.88. The molecule has 0 N–H and O–H groups in total. The fraction of sp³-hybridized carbons (Fsp3) is 0.308. The summed E-state index contributed by atoms with van der Waals surface area (Å²) in [5, 5.41) is 11.0. The first-order valence-corrected chi connectivity index (χ1v) is 5.55. The molecule has 0 fully saturated rings. The summed E-state index contributed by atoms with van der Waals surface area (Å²) < 4.78 is 0. The molecule has 4 heteroatoms. The number of nitro benzene ring substituents is 1. The van der Waals surface area contributed by atoms with Crippen LogP contribution in [0.4, 0.5) is 11.4 Å². The average molecular weight is 230 g/mol. The van der Waals surface area contributed by atoms with E-state index >= 15 is 0 Å². The molecule has 0 heterocycles. The van der Waals surface area contributed by atoms with Gasteiger partial charge in [-0.15, -0.1) is 0 Å². The molecule has 88 valence electrons. The highest BCUT2D eigenvalue weighted by molar-refractivity contribution is 5.83. The Bertz CT molecular complexity index is 514. The number of nitrogens with zero attached hydrogens (tertiary/aromatic N) is 2. The Hall–Kier alpha value is -1.97. The number of nitro groups is 1. The van der Waals surface area contributed by atoms with E-state index in [4.69, 9.17) is 0 Å². The Morgan fingerprint density at radius 2 is 2.18 bits per heavy atom. The third-order valence-electron chi connectivity index (χ3n) is 2.73. The highest BCUT2D eigenvalue weighted by atomic mass is 16.6. The van der Waals surface area contributed by atoms with Gasteiger partial charge in [0.2, 0.25) is 0 Å². The van der Waals surface area contributed by atoms with Crippen molar-refractivity contribution in [1.29, 1.82) is 0 Å². The van der Waals surface area contributed by atoms with Gasteiger partial charge in [0.05, 0.1) is 16.2 Å². The van der Waals surface area contributed by atoms with E-state index in [0.717, 1.165) is 17.7 Å². The van der Waals surface area contributed by atoms with Gasteiger partial charge < -0.3 is 0 Å². The van der Waals surface area contributed by atoms with Crippen LogP contribution in [0.25, 0.3) is 0 Å². The number of hydrogen-bond donors (Lipinski definition) is 0. The van der Waals surface area contributed by atoms with Crippen molar-refractivity contribution in [2.24, 2.45) is 4.99 Å². The fourth-order valence-electron chi connectivity index (χ4n) is 1.90. The van der Waals surface area contributed by atoms with Gasteiger partial charge in [0.15, 0.2) is 0 Å². The normalized spacial score (nSPS) is 17.4. The highest BCUT2D eigenvalue weighted by Crippen LogP contribution is 2.41. The van der Waals surface area contributed by atoms with Crippen LogP contribution in [0.3, 0.4) is 0 Å². The first-order valence-electron chi connectivity index (χ1n) is 5.55. The molecule has 1 atom stereocenters. The molecule has 0 saturated carbocycles. The summed E-state index contributed by atoms with van der Waals surface area (Å²) in [5.74, 6) is 0.134. The van der Waals surface area contributed by atoms with Gasteiger partial charge in [0.25, 0.3) is 5.69 Å². The van der Waals surface area contributed by atoms with E-state index in [1.54, 1.807) is 12.1 Å². The quantitative estimate of drug-likeness (QED) is 0.343. The van der Waals surface area contributed by atoms with Crippen LogP contribution in [0.2, 0.25) is 0 Å². The Morgan fingerprint density at radius 1 is 1.47 bits per heavy atom. The Balaban J connectivity index is 2.58. The minimum atomic E-state index is -0.328. The molecule has 0 amide bonds. The number of benzene rings is 1. The lowest BCUT2D eigenvalue weighted by molar-refractivity contribution is -0.385. The maximum Gasteiger partial charge on any atom is 0.275 e. The molecule has 2 rings (SSSR count). The molecular formula is C13H14N2O2. The summed E-state index contributed by atoms with van der Waals surface area (Å²) in [7, 11) is 0. The summed E-state index contributed by atoms with van der Waals surface area (Å²) in [5.41, 5.74) is 2.52. The summed E-state index contributed by atoms with van der Waals surface area (Å²) in [6, 6.07) is 5.07. The fourth-order valence-corrected chi connectivity index (χ4v) is 1.90. The van der Waals surface area contributed by atoms with Gasteiger partial charge >= 0.3 is 0 Å². The van der Waals surface area contributed by atoms with Crippen LogP contribution in [0.1, 0.15) is 31.7 Å². The minimum absolute atomic E-state index is 0.134. The van der Waals surface area contributed by atoms with Crippen molar-refractivity contribution in [2.75, 3.05) is 0 Å². The second kappa shape index (κ2) is 4.49. The third kappa shape index (κ3) is 2.25. The zero-order chi connectivity index (χ0) is 12.4. The monoisotopic (exact) mass is 230 g/mol. The molecule has 0 aromatic heterocycles. The van der Waals surface area contributed by atoms with Crippen LogP contribution in [-0.4, -0.2) is 10.6 Å². The van der Waals surface area contributed by atoms with Crippen molar-refractivity contribution >= 4 is 17.1 Å². The van der Waals surface area contributed by atoms with Crippen LogP contribution in [0, 0.1) is 10.1 Å². The summed E-state index contributed by atoms with van der Waals surface area (Å²) in [6.45, 7) is 3.78. The molecule has 0 saturated heterocycles. The largest absolute Gasteiger partial charge is 0.275 e. The van der Waals surface area contributed by atoms with Crippen LogP contribution < -0.4 is 0 Å². The highest BCUT2D eigenvalue weighted by Gasteiger charge is 2.26. The standard InChI is InChI=1S/C13H14N2O2/c1-9(2)14-11-7-4-8-12(15(16)17)13(11)10-5-3-6-10/h3-5,7-8,10H,6H2,1-2H3. The predicted octanol–water partition coefficient (Wildman–Crippen LogP) is 3.75. The maximum absolute atomic E-state index is 11.0. The van der Waals surface area contributed by atoms with E-state index in [9.17, 15) is 10.1 Å². The first-order chi connectivity index (χ1) is 8.09. The maximum atomic E-state index is 11.0. The Labute approximate surface area is 99.8 Å². The second-order valence-electron chi connectivity index (χ2n) is 4.30. The molecule has 1 aliphatic carbocycles. The topological polar surface area (TPSA) is 55.5 Å². The number of aliphatic imine (C=N–C) groups is 1. The summed E-state index contributed by atoms with van der Waals surface area (Å²) >= 11 is 0. The number of allylic oxidation sites excluding steroid dienone is 2. The molecule has 4 nitrogen and oxygen atoms in total. The van der Waals surface area contributed by atoms with Gasteiger partial charge in [0, 0.05) is 17.7 Å². The van der Waals surface area contributed by atoms with Crippen molar-refractivity contribution in [3.63, 3.8) is 0 Å². The Morgan fingerprint density at radius 3 is 2.65 bits per heavy atom. The number of hydrogen-bond acceptors (Lipinski definition) is 3. The van der Waals surface area contributed by atoms with Gasteiger partial charge in [0.1, 0.15) is 0 Å². The lowest BCUT2D eigenvalue weighted by atomic mass is 9.85. The lowest BCUT2D eigenvalue weighted by Crippen LogP contribution is -2.05. The van der Waals surface area contributed by atoms with Crippen LogP contribution in [-0.2, 0) is 0 Å². The van der Waals surface area contributed by atoms with Gasteiger partial charge in [-0.2, -0.15) is 0 Å². The molecule has 0 radical (unpaired) electrons. The molecule has 0 spiro atoms. The van der Waals surface area contributed by atoms with E-state index in [0.29, 0.717) is 5.69 Å². The lowest BCUT2D eigenvalue weighted by Gasteiger charge is -2.19. The van der Waals surface area contributed by atoms with Crippen molar-refractivity contribution < 1.29 is 4.92 Å². The molecular weight excluding hydrogens is 216 g/mol. The number of rotatable bonds is 3. The van der Waals surface area contributed by atoms with E-state index in [1.165, 1.54) is 0 Å². The molecule has 1 unspecified atom stereocenters. The van der Waals surface area contributed by atoms with E-state index in [2.05, 4.69) is 4.99 Å². The van der Waals surface area contributed by atoms with Crippen LogP contribution in [0.5, 0.6) is 0 Å². The van der Waals surface area contributed by atoms with Gasteiger partial charge in [-0.25, -0.2) is 0 Å². The van der Waals surface area contributed by atoms with Crippen molar-refractivity contribution in [2.45, 2.75) is 26.2 Å². The van der Waals surface area contributed by atoms with E-state index < -0.39 is 0 Å². The molecule has 1 aromatic rings. The molecule has 0 aliphatic heterocycles.